The molecule has 10 nitrogen and oxygen atoms in total. The Morgan fingerprint density at radius 1 is 1.00 bits per heavy atom. The summed E-state index contributed by atoms with van der Waals surface area (Å²) in [4.78, 5) is 6.76. The minimum atomic E-state index is -4.81. The van der Waals surface area contributed by atoms with E-state index in [1.165, 1.54) is 26.5 Å². The van der Waals surface area contributed by atoms with Crippen LogP contribution in [0.4, 0.5) is 14.6 Å². The minimum Gasteiger partial charge on any atom is -0.497 e. The fraction of sp³-hybridized carbons (Fsp3) is 0.345. The smallest absolute Gasteiger partial charge is 0.271 e. The van der Waals surface area contributed by atoms with Gasteiger partial charge in [0.15, 0.2) is 4.90 Å². The molecule has 1 saturated carbocycles. The van der Waals surface area contributed by atoms with Gasteiger partial charge in [0.05, 0.1) is 20.8 Å². The van der Waals surface area contributed by atoms with Gasteiger partial charge in [-0.1, -0.05) is 0 Å². The molecule has 0 saturated heterocycles. The molecule has 2 heterocycles. The van der Waals surface area contributed by atoms with Crippen LogP contribution in [0.15, 0.2) is 66.1 Å². The third-order valence-electron chi connectivity index (χ3n) is 7.32. The van der Waals surface area contributed by atoms with Gasteiger partial charge in [0.2, 0.25) is 0 Å². The fourth-order valence-corrected chi connectivity index (χ4v) is 6.82. The van der Waals surface area contributed by atoms with Gasteiger partial charge in [-0.25, -0.2) is 31.5 Å². The van der Waals surface area contributed by atoms with Crippen molar-refractivity contribution in [3.63, 3.8) is 0 Å². The van der Waals surface area contributed by atoms with E-state index in [1.54, 1.807) is 24.4 Å². The van der Waals surface area contributed by atoms with Crippen LogP contribution < -0.4 is 18.5 Å². The van der Waals surface area contributed by atoms with Crippen LogP contribution >= 0.6 is 0 Å². The molecule has 0 radical (unpaired) electrons. The maximum absolute atomic E-state index is 15.6. The number of hydrogen-bond donors (Lipinski definition) is 0. The molecule has 42 heavy (non-hydrogen) atoms. The van der Waals surface area contributed by atoms with Crippen molar-refractivity contribution < 1.29 is 31.4 Å². The van der Waals surface area contributed by atoms with Gasteiger partial charge in [0, 0.05) is 60.4 Å². The Balaban J connectivity index is 1.48. The largest absolute Gasteiger partial charge is 0.497 e. The highest BCUT2D eigenvalue weighted by Crippen LogP contribution is 2.39. The standard InChI is InChI=1S/C29H31F2N5O5S/c1-4-35-25(10-13-34-35)22-6-5-7-26(22)41-21-14-23(30)29(24(31)15-21)42(37,38)36(28-11-12-32-18-33-28)17-19-8-9-20(39-2)16-27(19)40-3/h8-16,18,22,26H,4-7,17H2,1-3H3/t22-,26+/m1/s1. The van der Waals surface area contributed by atoms with Gasteiger partial charge >= 0.3 is 0 Å². The molecule has 1 fully saturated rings. The topological polar surface area (TPSA) is 109 Å². The molecule has 5 rings (SSSR count). The van der Waals surface area contributed by atoms with Crippen molar-refractivity contribution in [2.75, 3.05) is 18.5 Å². The maximum Gasteiger partial charge on any atom is 0.271 e. The molecule has 0 aliphatic heterocycles. The third-order valence-corrected chi connectivity index (χ3v) is 9.12. The molecule has 0 unspecified atom stereocenters. The predicted octanol–water partition coefficient (Wildman–Crippen LogP) is 5.10. The number of halogens is 2. The first-order valence-corrected chi connectivity index (χ1v) is 14.9. The molecule has 0 N–H and O–H groups in total. The molecular formula is C29H31F2N5O5S. The number of nitrogens with zero attached hydrogens (tertiary/aromatic N) is 5. The SMILES string of the molecule is CCn1nccc1[C@H]1CCC[C@@H]1Oc1cc(F)c(S(=O)(=O)N(Cc2ccc(OC)cc2OC)c2ccncn2)c(F)c1. The number of methoxy groups -OCH3 is 2. The Bertz CT molecular complexity index is 1630. The van der Waals surface area contributed by atoms with E-state index < -0.39 is 26.6 Å². The number of aryl methyl sites for hydroxylation is 1. The van der Waals surface area contributed by atoms with E-state index in [1.807, 2.05) is 17.7 Å². The molecule has 2 atom stereocenters. The quantitative estimate of drug-likeness (QED) is 0.234. The zero-order chi connectivity index (χ0) is 29.9. The lowest BCUT2D eigenvalue weighted by Gasteiger charge is -2.25. The first-order valence-electron chi connectivity index (χ1n) is 13.4. The highest BCUT2D eigenvalue weighted by Gasteiger charge is 2.36. The zero-order valence-electron chi connectivity index (χ0n) is 23.4. The first kappa shape index (κ1) is 29.2. The molecule has 4 aromatic rings. The van der Waals surface area contributed by atoms with E-state index >= 15 is 8.78 Å². The second-order valence-electron chi connectivity index (χ2n) is 9.74. The molecule has 0 bridgehead atoms. The van der Waals surface area contributed by atoms with E-state index in [2.05, 4.69) is 15.1 Å². The van der Waals surface area contributed by atoms with E-state index in [-0.39, 0.29) is 30.1 Å². The lowest BCUT2D eigenvalue weighted by Crippen LogP contribution is -2.33. The van der Waals surface area contributed by atoms with Crippen molar-refractivity contribution in [3.8, 4) is 17.2 Å². The van der Waals surface area contributed by atoms with E-state index in [0.717, 1.165) is 41.3 Å². The van der Waals surface area contributed by atoms with Crippen LogP contribution in [0.1, 0.15) is 43.4 Å². The van der Waals surface area contributed by atoms with Gasteiger partial charge in [0.25, 0.3) is 10.0 Å². The normalized spacial score (nSPS) is 16.8. The van der Waals surface area contributed by atoms with Crippen LogP contribution in [0.5, 0.6) is 17.2 Å². The van der Waals surface area contributed by atoms with Gasteiger partial charge < -0.3 is 14.2 Å². The Hall–Kier alpha value is -4.26. The van der Waals surface area contributed by atoms with Gasteiger partial charge in [-0.2, -0.15) is 5.10 Å². The van der Waals surface area contributed by atoms with Crippen LogP contribution in [0.2, 0.25) is 0 Å². The Labute approximate surface area is 242 Å². The summed E-state index contributed by atoms with van der Waals surface area (Å²) in [6, 6.07) is 9.89. The molecular weight excluding hydrogens is 568 g/mol. The van der Waals surface area contributed by atoms with Gasteiger partial charge in [-0.3, -0.25) is 4.68 Å². The number of sulfonamides is 1. The average Bonchev–Trinajstić information content (AvgIpc) is 3.64. The molecule has 2 aromatic carbocycles. The number of ether oxygens (including phenoxy) is 3. The Kier molecular flexibility index (Phi) is 8.57. The summed E-state index contributed by atoms with van der Waals surface area (Å²) in [5, 5.41) is 4.33. The van der Waals surface area contributed by atoms with E-state index in [4.69, 9.17) is 14.2 Å². The number of rotatable bonds is 11. The second-order valence-corrected chi connectivity index (χ2v) is 11.5. The highest BCUT2D eigenvalue weighted by molar-refractivity contribution is 7.92. The summed E-state index contributed by atoms with van der Waals surface area (Å²) in [5.74, 6) is -1.92. The first-order chi connectivity index (χ1) is 20.3. The second kappa shape index (κ2) is 12.3. The summed E-state index contributed by atoms with van der Waals surface area (Å²) in [6.07, 6.45) is 6.28. The van der Waals surface area contributed by atoms with E-state index in [9.17, 15) is 8.42 Å². The molecule has 0 spiro atoms. The molecule has 222 valence electrons. The summed E-state index contributed by atoms with van der Waals surface area (Å²) in [7, 11) is -1.91. The van der Waals surface area contributed by atoms with Gasteiger partial charge in [-0.05, 0) is 44.4 Å². The average molecular weight is 600 g/mol. The minimum absolute atomic E-state index is 0.00489. The number of benzene rings is 2. The van der Waals surface area contributed by atoms with Crippen LogP contribution in [-0.2, 0) is 23.1 Å². The van der Waals surface area contributed by atoms with E-state index in [0.29, 0.717) is 30.0 Å². The number of hydrogen-bond acceptors (Lipinski definition) is 8. The lowest BCUT2D eigenvalue weighted by molar-refractivity contribution is 0.184. The van der Waals surface area contributed by atoms with Crippen molar-refractivity contribution in [2.24, 2.45) is 0 Å². The summed E-state index contributed by atoms with van der Waals surface area (Å²) in [5.41, 5.74) is 1.41. The lowest BCUT2D eigenvalue weighted by atomic mass is 10.0. The monoisotopic (exact) mass is 599 g/mol. The van der Waals surface area contributed by atoms with Gasteiger partial charge in [0.1, 0.15) is 47.1 Å². The zero-order valence-corrected chi connectivity index (χ0v) is 24.2. The molecule has 1 aliphatic carbocycles. The van der Waals surface area contributed by atoms with Crippen LogP contribution in [0, 0.1) is 11.6 Å². The van der Waals surface area contributed by atoms with Crippen molar-refractivity contribution in [3.05, 3.63) is 84.1 Å². The molecule has 13 heteroatoms. The molecule has 0 amide bonds. The van der Waals surface area contributed by atoms with Crippen LogP contribution in [0.3, 0.4) is 0 Å². The van der Waals surface area contributed by atoms with Crippen LogP contribution in [0.25, 0.3) is 0 Å². The molecule has 1 aliphatic rings. The number of aromatic nitrogens is 4. The van der Waals surface area contributed by atoms with Gasteiger partial charge in [-0.15, -0.1) is 0 Å². The van der Waals surface area contributed by atoms with Crippen molar-refractivity contribution in [1.82, 2.24) is 19.7 Å². The third kappa shape index (κ3) is 5.73. The van der Waals surface area contributed by atoms with Crippen molar-refractivity contribution in [2.45, 2.75) is 56.2 Å². The van der Waals surface area contributed by atoms with Crippen molar-refractivity contribution >= 4 is 15.8 Å². The highest BCUT2D eigenvalue weighted by atomic mass is 32.2. The summed E-state index contributed by atoms with van der Waals surface area (Å²) >= 11 is 0. The fourth-order valence-electron chi connectivity index (χ4n) is 5.32. The Morgan fingerprint density at radius 2 is 1.79 bits per heavy atom. The maximum atomic E-state index is 15.6. The summed E-state index contributed by atoms with van der Waals surface area (Å²) < 4.78 is 78.4. The van der Waals surface area contributed by atoms with Crippen molar-refractivity contribution in [1.29, 1.82) is 0 Å². The predicted molar refractivity (Wildman–Crippen MR) is 150 cm³/mol. The molecule has 2 aromatic heterocycles. The Morgan fingerprint density at radius 3 is 2.45 bits per heavy atom. The number of anilines is 1. The van der Waals surface area contributed by atoms with Crippen LogP contribution in [-0.4, -0.2) is 48.5 Å². The summed E-state index contributed by atoms with van der Waals surface area (Å²) in [6.45, 7) is 2.34.